The normalized spacial score (nSPS) is 9.87. The first-order valence-electron chi connectivity index (χ1n) is 4.50. The monoisotopic (exact) mass is 198 g/mol. The number of hydrogen-bond acceptors (Lipinski definition) is 2. The molecule has 0 aliphatic carbocycles. The summed E-state index contributed by atoms with van der Waals surface area (Å²) in [5, 5.41) is 4.06. The second-order valence-corrected chi connectivity index (χ2v) is 3.27. The number of nitrogens with zero attached hydrogens (tertiary/aromatic N) is 3. The minimum atomic E-state index is 0.383. The number of aryl methyl sites for hydroxylation is 1. The Morgan fingerprint density at radius 3 is 2.53 bits per heavy atom. The molecule has 1 aromatic heterocycles. The summed E-state index contributed by atoms with van der Waals surface area (Å²) < 4.78 is 1.56. The maximum atomic E-state index is 6.89. The zero-order valence-corrected chi connectivity index (χ0v) is 8.31. The van der Waals surface area contributed by atoms with Crippen LogP contribution in [0.3, 0.4) is 0 Å². The summed E-state index contributed by atoms with van der Waals surface area (Å²) in [5.41, 5.74) is 8.20. The number of rotatable bonds is 1. The lowest BCUT2D eigenvalue weighted by molar-refractivity contribution is 0.891. The molecule has 4 heteroatoms. The van der Waals surface area contributed by atoms with Gasteiger partial charge in [-0.2, -0.15) is 5.10 Å². The van der Waals surface area contributed by atoms with Crippen molar-refractivity contribution in [3.63, 3.8) is 0 Å². The molecular weight excluding hydrogens is 188 g/mol. The summed E-state index contributed by atoms with van der Waals surface area (Å²) in [6, 6.07) is 7.81. The van der Waals surface area contributed by atoms with Gasteiger partial charge in [-0.3, -0.25) is 0 Å². The molecule has 0 unspecified atom stereocenters. The lowest BCUT2D eigenvalue weighted by atomic mass is 10.2. The fraction of sp³-hybridized carbons (Fsp3) is 0.0909. The molecule has 1 aromatic carbocycles. The fourth-order valence-corrected chi connectivity index (χ4v) is 1.33. The van der Waals surface area contributed by atoms with Crippen LogP contribution >= 0.6 is 0 Å². The van der Waals surface area contributed by atoms with Crippen molar-refractivity contribution in [2.45, 2.75) is 6.92 Å². The van der Waals surface area contributed by atoms with Crippen molar-refractivity contribution in [3.8, 4) is 5.69 Å². The van der Waals surface area contributed by atoms with Gasteiger partial charge in [-0.15, -0.1) is 0 Å². The first-order valence-corrected chi connectivity index (χ1v) is 4.50. The van der Waals surface area contributed by atoms with Crippen LogP contribution in [0.25, 0.3) is 10.5 Å². The first-order chi connectivity index (χ1) is 7.22. The molecular formula is C11H10N4. The molecule has 15 heavy (non-hydrogen) atoms. The fourth-order valence-electron chi connectivity index (χ4n) is 1.33. The van der Waals surface area contributed by atoms with Crippen LogP contribution in [0, 0.1) is 13.5 Å². The molecule has 0 saturated carbocycles. The number of nitrogens with two attached hydrogens (primary N) is 1. The molecule has 0 fully saturated rings. The van der Waals surface area contributed by atoms with Gasteiger partial charge in [0.2, 0.25) is 5.69 Å². The second kappa shape index (κ2) is 3.46. The second-order valence-electron chi connectivity index (χ2n) is 3.27. The zero-order valence-electron chi connectivity index (χ0n) is 8.31. The van der Waals surface area contributed by atoms with Gasteiger partial charge in [-0.1, -0.05) is 17.7 Å². The molecule has 0 bridgehead atoms. The molecule has 74 valence electrons. The average Bonchev–Trinajstić information content (AvgIpc) is 2.61. The molecule has 0 radical (unpaired) electrons. The van der Waals surface area contributed by atoms with Gasteiger partial charge < -0.3 is 5.73 Å². The van der Waals surface area contributed by atoms with Crippen molar-refractivity contribution in [3.05, 3.63) is 47.4 Å². The Kier molecular flexibility index (Phi) is 2.14. The van der Waals surface area contributed by atoms with E-state index >= 15 is 0 Å². The SMILES string of the molecule is [C-]#[N+]c1cnn(-c2ccc(C)cc2)c1N. The summed E-state index contributed by atoms with van der Waals surface area (Å²) in [5.74, 6) is 0.383. The molecule has 0 spiro atoms. The smallest absolute Gasteiger partial charge is 0.247 e. The maximum absolute atomic E-state index is 6.89. The Balaban J connectivity index is 2.51. The zero-order chi connectivity index (χ0) is 10.8. The van der Waals surface area contributed by atoms with Crippen LogP contribution < -0.4 is 5.73 Å². The molecule has 2 aromatic rings. The van der Waals surface area contributed by atoms with Crippen molar-refractivity contribution >= 4 is 11.5 Å². The predicted molar refractivity (Wildman–Crippen MR) is 59.0 cm³/mol. The third-order valence-electron chi connectivity index (χ3n) is 2.19. The maximum Gasteiger partial charge on any atom is 0.247 e. The van der Waals surface area contributed by atoms with Crippen LogP contribution in [0.1, 0.15) is 5.56 Å². The molecule has 4 nitrogen and oxygen atoms in total. The lowest BCUT2D eigenvalue weighted by Gasteiger charge is -2.04. The number of nitrogen functional groups attached to an aromatic ring is 1. The van der Waals surface area contributed by atoms with E-state index in [2.05, 4.69) is 9.94 Å². The van der Waals surface area contributed by atoms with Crippen LogP contribution in [-0.2, 0) is 0 Å². The van der Waals surface area contributed by atoms with Crippen molar-refractivity contribution < 1.29 is 0 Å². The highest BCUT2D eigenvalue weighted by molar-refractivity contribution is 5.64. The van der Waals surface area contributed by atoms with Crippen LogP contribution in [0.4, 0.5) is 11.5 Å². The highest BCUT2D eigenvalue weighted by atomic mass is 15.3. The standard InChI is InChI=1S/C11H10N4/c1-8-3-5-9(6-4-8)15-11(12)10(13-2)7-14-15/h3-7H,12H2,1H3. The van der Waals surface area contributed by atoms with Gasteiger partial charge in [0.05, 0.1) is 18.5 Å². The number of hydrogen-bond donors (Lipinski definition) is 1. The Hall–Kier alpha value is -2.28. The third kappa shape index (κ3) is 1.55. The van der Waals surface area contributed by atoms with E-state index in [1.807, 2.05) is 31.2 Å². The Labute approximate surface area is 87.8 Å². The number of anilines is 1. The summed E-state index contributed by atoms with van der Waals surface area (Å²) in [6.45, 7) is 8.90. The molecule has 2 rings (SSSR count). The van der Waals surface area contributed by atoms with Crippen LogP contribution in [0.5, 0.6) is 0 Å². The molecule has 0 amide bonds. The van der Waals surface area contributed by atoms with Gasteiger partial charge in [0, 0.05) is 0 Å². The topological polar surface area (TPSA) is 48.2 Å². The summed E-state index contributed by atoms with van der Waals surface area (Å²) in [7, 11) is 0. The summed E-state index contributed by atoms with van der Waals surface area (Å²) in [6.07, 6.45) is 1.47. The van der Waals surface area contributed by atoms with Crippen molar-refractivity contribution in [2.24, 2.45) is 0 Å². The predicted octanol–water partition coefficient (Wildman–Crippen LogP) is 2.31. The van der Waals surface area contributed by atoms with Gasteiger partial charge in [-0.05, 0) is 19.1 Å². The van der Waals surface area contributed by atoms with E-state index in [-0.39, 0.29) is 0 Å². The summed E-state index contributed by atoms with van der Waals surface area (Å²) >= 11 is 0. The van der Waals surface area contributed by atoms with Crippen LogP contribution in [0.2, 0.25) is 0 Å². The molecule has 0 saturated heterocycles. The lowest BCUT2D eigenvalue weighted by Crippen LogP contribution is -2.01. The Morgan fingerprint density at radius 1 is 1.33 bits per heavy atom. The molecule has 0 aliphatic heterocycles. The van der Waals surface area contributed by atoms with E-state index in [0.29, 0.717) is 11.5 Å². The highest BCUT2D eigenvalue weighted by Gasteiger charge is 2.07. The van der Waals surface area contributed by atoms with E-state index in [1.165, 1.54) is 11.8 Å². The van der Waals surface area contributed by atoms with Crippen LogP contribution in [0.15, 0.2) is 30.5 Å². The van der Waals surface area contributed by atoms with E-state index in [9.17, 15) is 0 Å². The Bertz CT molecular complexity index is 517. The van der Waals surface area contributed by atoms with Crippen molar-refractivity contribution in [1.29, 1.82) is 0 Å². The molecule has 0 atom stereocenters. The van der Waals surface area contributed by atoms with E-state index in [4.69, 9.17) is 12.3 Å². The molecule has 1 heterocycles. The average molecular weight is 198 g/mol. The van der Waals surface area contributed by atoms with Crippen molar-refractivity contribution in [2.75, 3.05) is 5.73 Å². The van der Waals surface area contributed by atoms with Gasteiger partial charge in [0.15, 0.2) is 0 Å². The van der Waals surface area contributed by atoms with E-state index in [1.54, 1.807) is 4.68 Å². The number of aromatic nitrogens is 2. The Morgan fingerprint density at radius 2 is 2.00 bits per heavy atom. The van der Waals surface area contributed by atoms with Gasteiger partial charge in [0.1, 0.15) is 5.82 Å². The molecule has 0 aliphatic rings. The third-order valence-corrected chi connectivity index (χ3v) is 2.19. The van der Waals surface area contributed by atoms with Gasteiger partial charge >= 0.3 is 0 Å². The van der Waals surface area contributed by atoms with E-state index in [0.717, 1.165) is 5.69 Å². The largest absolute Gasteiger partial charge is 0.392 e. The van der Waals surface area contributed by atoms with Crippen molar-refractivity contribution in [1.82, 2.24) is 9.78 Å². The molecule has 2 N–H and O–H groups in total. The van der Waals surface area contributed by atoms with Gasteiger partial charge in [0.25, 0.3) is 0 Å². The minimum absolute atomic E-state index is 0.383. The first kappa shape index (κ1) is 9.28. The highest BCUT2D eigenvalue weighted by Crippen LogP contribution is 2.23. The van der Waals surface area contributed by atoms with E-state index < -0.39 is 0 Å². The van der Waals surface area contributed by atoms with Gasteiger partial charge in [-0.25, -0.2) is 9.53 Å². The quantitative estimate of drug-likeness (QED) is 0.715. The van der Waals surface area contributed by atoms with Crippen LogP contribution in [-0.4, -0.2) is 9.78 Å². The summed E-state index contributed by atoms with van der Waals surface area (Å²) in [4.78, 5) is 3.28. The minimum Gasteiger partial charge on any atom is -0.392 e. The number of benzene rings is 1.